The molecule has 1 aromatic carbocycles. The number of para-hydroxylation sites is 1. The number of primary amides is 1. The van der Waals surface area contributed by atoms with E-state index in [0.29, 0.717) is 4.90 Å². The van der Waals surface area contributed by atoms with Crippen molar-refractivity contribution >= 4 is 17.7 Å². The molecule has 80 valence electrons. The van der Waals surface area contributed by atoms with Crippen molar-refractivity contribution < 1.29 is 19.8 Å². The lowest BCUT2D eigenvalue weighted by Crippen LogP contribution is -2.48. The number of carboxylic acids is 1. The van der Waals surface area contributed by atoms with Crippen LogP contribution in [0.15, 0.2) is 30.3 Å². The molecule has 2 amide bonds. The van der Waals surface area contributed by atoms with Crippen molar-refractivity contribution in [3.05, 3.63) is 30.3 Å². The summed E-state index contributed by atoms with van der Waals surface area (Å²) in [6, 6.07) is 6.79. The Morgan fingerprint density at radius 1 is 1.27 bits per heavy atom. The highest BCUT2D eigenvalue weighted by molar-refractivity contribution is 5.96. The van der Waals surface area contributed by atoms with Crippen molar-refractivity contribution in [2.75, 3.05) is 4.90 Å². The standard InChI is InChI=1S/C9H10N2O4/c10-9(15)11(7(12)8(13)14)6-4-2-1-3-5-6/h1-5,7,12H,(H2,10,15)(H,13,14). The van der Waals surface area contributed by atoms with E-state index in [-0.39, 0.29) is 5.69 Å². The number of hydrogen-bond acceptors (Lipinski definition) is 3. The SMILES string of the molecule is NC(=O)N(c1ccccc1)C(O)C(=O)O. The zero-order chi connectivity index (χ0) is 11.4. The Balaban J connectivity index is 3.04. The Bertz CT molecular complexity index is 366. The van der Waals surface area contributed by atoms with Gasteiger partial charge in [0, 0.05) is 5.69 Å². The van der Waals surface area contributed by atoms with Crippen molar-refractivity contribution in [1.29, 1.82) is 0 Å². The van der Waals surface area contributed by atoms with Gasteiger partial charge in [-0.15, -0.1) is 0 Å². The molecular weight excluding hydrogens is 200 g/mol. The molecule has 0 saturated carbocycles. The molecule has 0 saturated heterocycles. The lowest BCUT2D eigenvalue weighted by molar-refractivity contribution is -0.146. The largest absolute Gasteiger partial charge is 0.478 e. The van der Waals surface area contributed by atoms with Gasteiger partial charge in [-0.05, 0) is 12.1 Å². The molecule has 15 heavy (non-hydrogen) atoms. The maximum absolute atomic E-state index is 11.0. The molecule has 0 fully saturated rings. The van der Waals surface area contributed by atoms with Crippen LogP contribution in [0.4, 0.5) is 10.5 Å². The maximum atomic E-state index is 11.0. The molecule has 1 rings (SSSR count). The predicted octanol–water partition coefficient (Wildman–Crippen LogP) is -0.0253. The van der Waals surface area contributed by atoms with Gasteiger partial charge in [-0.25, -0.2) is 9.59 Å². The zero-order valence-electron chi connectivity index (χ0n) is 7.70. The number of carbonyl (C=O) groups excluding carboxylic acids is 1. The summed E-state index contributed by atoms with van der Waals surface area (Å²) in [5.41, 5.74) is 5.19. The van der Waals surface area contributed by atoms with E-state index >= 15 is 0 Å². The summed E-state index contributed by atoms with van der Waals surface area (Å²) in [7, 11) is 0. The molecular formula is C9H10N2O4. The molecule has 0 aromatic heterocycles. The molecule has 1 atom stereocenters. The van der Waals surface area contributed by atoms with Crippen LogP contribution in [-0.2, 0) is 4.79 Å². The Morgan fingerprint density at radius 2 is 1.80 bits per heavy atom. The monoisotopic (exact) mass is 210 g/mol. The molecule has 0 spiro atoms. The van der Waals surface area contributed by atoms with Crippen molar-refractivity contribution in [3.63, 3.8) is 0 Å². The van der Waals surface area contributed by atoms with Crippen LogP contribution in [0.3, 0.4) is 0 Å². The fourth-order valence-corrected chi connectivity index (χ4v) is 1.09. The Hall–Kier alpha value is -2.08. The van der Waals surface area contributed by atoms with Crippen LogP contribution in [0, 0.1) is 0 Å². The van der Waals surface area contributed by atoms with Crippen molar-refractivity contribution in [1.82, 2.24) is 0 Å². The Kier molecular flexibility index (Phi) is 3.25. The van der Waals surface area contributed by atoms with Gasteiger partial charge < -0.3 is 15.9 Å². The molecule has 0 aliphatic heterocycles. The number of rotatable bonds is 3. The van der Waals surface area contributed by atoms with Gasteiger partial charge in [-0.1, -0.05) is 18.2 Å². The highest BCUT2D eigenvalue weighted by atomic mass is 16.4. The summed E-state index contributed by atoms with van der Waals surface area (Å²) in [6.45, 7) is 0. The van der Waals surface area contributed by atoms with Crippen molar-refractivity contribution in [2.45, 2.75) is 6.23 Å². The number of amides is 2. The van der Waals surface area contributed by atoms with Crippen molar-refractivity contribution in [2.24, 2.45) is 5.73 Å². The first-order chi connectivity index (χ1) is 7.04. The minimum absolute atomic E-state index is 0.222. The Morgan fingerprint density at radius 3 is 2.20 bits per heavy atom. The summed E-state index contributed by atoms with van der Waals surface area (Å²) in [5.74, 6) is -1.54. The van der Waals surface area contributed by atoms with Gasteiger partial charge in [0.2, 0.25) is 6.23 Å². The maximum Gasteiger partial charge on any atom is 0.354 e. The van der Waals surface area contributed by atoms with Crippen molar-refractivity contribution in [3.8, 4) is 0 Å². The van der Waals surface area contributed by atoms with E-state index < -0.39 is 18.2 Å². The third kappa shape index (κ3) is 2.44. The van der Waals surface area contributed by atoms with Crippen LogP contribution >= 0.6 is 0 Å². The van der Waals surface area contributed by atoms with Gasteiger partial charge in [0.05, 0.1) is 0 Å². The summed E-state index contributed by atoms with van der Waals surface area (Å²) < 4.78 is 0. The number of hydrogen-bond donors (Lipinski definition) is 3. The second kappa shape index (κ2) is 4.43. The highest BCUT2D eigenvalue weighted by Gasteiger charge is 2.26. The summed E-state index contributed by atoms with van der Waals surface area (Å²) >= 11 is 0. The minimum atomic E-state index is -1.98. The summed E-state index contributed by atoms with van der Waals surface area (Å²) in [5, 5.41) is 17.8. The van der Waals surface area contributed by atoms with Crippen LogP contribution in [0.25, 0.3) is 0 Å². The number of nitrogens with zero attached hydrogens (tertiary/aromatic N) is 1. The molecule has 0 radical (unpaired) electrons. The number of benzene rings is 1. The molecule has 0 bridgehead atoms. The third-order valence-electron chi connectivity index (χ3n) is 1.74. The lowest BCUT2D eigenvalue weighted by Gasteiger charge is -2.22. The first-order valence-electron chi connectivity index (χ1n) is 4.08. The molecule has 0 heterocycles. The van der Waals surface area contributed by atoms with Crippen LogP contribution in [0.5, 0.6) is 0 Å². The smallest absolute Gasteiger partial charge is 0.354 e. The molecule has 4 N–H and O–H groups in total. The number of carbonyl (C=O) groups is 2. The van der Waals surface area contributed by atoms with E-state index in [2.05, 4.69) is 0 Å². The van der Waals surface area contributed by atoms with Crippen LogP contribution in [0.2, 0.25) is 0 Å². The van der Waals surface area contributed by atoms with E-state index in [9.17, 15) is 14.7 Å². The van der Waals surface area contributed by atoms with Gasteiger partial charge in [-0.3, -0.25) is 4.90 Å². The fourth-order valence-electron chi connectivity index (χ4n) is 1.09. The fraction of sp³-hybridized carbons (Fsp3) is 0.111. The number of aliphatic hydroxyl groups is 1. The average Bonchev–Trinajstić information content (AvgIpc) is 2.18. The van der Waals surface area contributed by atoms with E-state index in [1.807, 2.05) is 0 Å². The first-order valence-corrected chi connectivity index (χ1v) is 4.08. The topological polar surface area (TPSA) is 104 Å². The number of carboxylic acid groups (broad SMARTS) is 1. The molecule has 1 unspecified atom stereocenters. The van der Waals surface area contributed by atoms with Crippen LogP contribution in [-0.4, -0.2) is 28.4 Å². The first kappa shape index (κ1) is 11.0. The van der Waals surface area contributed by atoms with Gasteiger partial charge in [0.15, 0.2) is 0 Å². The Labute approximate surface area is 85.5 Å². The molecule has 0 aliphatic carbocycles. The predicted molar refractivity (Wildman–Crippen MR) is 52.1 cm³/mol. The molecule has 6 nitrogen and oxygen atoms in total. The second-order valence-corrected chi connectivity index (χ2v) is 2.76. The summed E-state index contributed by atoms with van der Waals surface area (Å²) in [4.78, 5) is 22.1. The average molecular weight is 210 g/mol. The van der Waals surface area contributed by atoms with Crippen LogP contribution in [0.1, 0.15) is 0 Å². The van der Waals surface area contributed by atoms with Gasteiger partial charge in [0.1, 0.15) is 0 Å². The number of aliphatic carboxylic acids is 1. The second-order valence-electron chi connectivity index (χ2n) is 2.76. The highest BCUT2D eigenvalue weighted by Crippen LogP contribution is 2.15. The third-order valence-corrected chi connectivity index (χ3v) is 1.74. The van der Waals surface area contributed by atoms with E-state index in [1.165, 1.54) is 12.1 Å². The quantitative estimate of drug-likeness (QED) is 0.609. The van der Waals surface area contributed by atoms with E-state index in [1.54, 1.807) is 18.2 Å². The normalized spacial score (nSPS) is 11.8. The molecule has 1 aromatic rings. The zero-order valence-corrected chi connectivity index (χ0v) is 7.70. The minimum Gasteiger partial charge on any atom is -0.478 e. The van der Waals surface area contributed by atoms with E-state index in [0.717, 1.165) is 0 Å². The van der Waals surface area contributed by atoms with Gasteiger partial charge in [-0.2, -0.15) is 0 Å². The number of nitrogens with two attached hydrogens (primary N) is 1. The number of aliphatic hydroxyl groups excluding tert-OH is 1. The summed E-state index contributed by atoms with van der Waals surface area (Å²) in [6.07, 6.45) is -1.98. The van der Waals surface area contributed by atoms with E-state index in [4.69, 9.17) is 10.8 Å². The molecule has 6 heteroatoms. The van der Waals surface area contributed by atoms with Gasteiger partial charge in [0.25, 0.3) is 0 Å². The van der Waals surface area contributed by atoms with Gasteiger partial charge >= 0.3 is 12.0 Å². The number of urea groups is 1. The van der Waals surface area contributed by atoms with Crippen LogP contribution < -0.4 is 10.6 Å². The lowest BCUT2D eigenvalue weighted by atomic mass is 10.3. The molecule has 0 aliphatic rings. The number of anilines is 1.